The molecule has 0 unspecified atom stereocenters. The monoisotopic (exact) mass is 235 g/mol. The Balaban J connectivity index is 0.00000169. The molecule has 0 aliphatic rings. The van der Waals surface area contributed by atoms with E-state index in [0.29, 0.717) is 4.90 Å². The van der Waals surface area contributed by atoms with Crippen molar-refractivity contribution in [2.24, 2.45) is 5.73 Å². The molecule has 0 spiro atoms. The molecule has 0 saturated carbocycles. The highest BCUT2D eigenvalue weighted by atomic mass is 35.5. The number of sulfone groups is 1. The summed E-state index contributed by atoms with van der Waals surface area (Å²) in [6.07, 6.45) is 1.19. The molecule has 14 heavy (non-hydrogen) atoms. The lowest BCUT2D eigenvalue weighted by atomic mass is 10.1. The molecule has 0 bridgehead atoms. The lowest BCUT2D eigenvalue weighted by molar-refractivity contribution is 0.601. The molecule has 3 nitrogen and oxygen atoms in total. The fraction of sp³-hybridized carbons (Fsp3) is 0.333. The van der Waals surface area contributed by atoms with Crippen LogP contribution in [0.15, 0.2) is 29.2 Å². The van der Waals surface area contributed by atoms with Crippen LogP contribution in [0.1, 0.15) is 18.5 Å². The van der Waals surface area contributed by atoms with Crippen LogP contribution < -0.4 is 5.73 Å². The summed E-state index contributed by atoms with van der Waals surface area (Å²) in [6.45, 7) is 1.82. The minimum Gasteiger partial charge on any atom is -0.324 e. The zero-order valence-electron chi connectivity index (χ0n) is 8.10. The summed E-state index contributed by atoms with van der Waals surface area (Å²) in [5.41, 5.74) is 6.47. The van der Waals surface area contributed by atoms with Crippen molar-refractivity contribution in [2.75, 3.05) is 6.26 Å². The highest BCUT2D eigenvalue weighted by Crippen LogP contribution is 2.15. The van der Waals surface area contributed by atoms with E-state index in [1.165, 1.54) is 6.26 Å². The van der Waals surface area contributed by atoms with Gasteiger partial charge in [-0.3, -0.25) is 0 Å². The Bertz CT molecular complexity index is 401. The second kappa shape index (κ2) is 4.77. The van der Waals surface area contributed by atoms with E-state index in [1.54, 1.807) is 18.2 Å². The third-order valence-corrected chi connectivity index (χ3v) is 2.92. The van der Waals surface area contributed by atoms with Crippen molar-refractivity contribution in [1.29, 1.82) is 0 Å². The maximum absolute atomic E-state index is 11.2. The van der Waals surface area contributed by atoms with Crippen LogP contribution in [0.5, 0.6) is 0 Å². The largest absolute Gasteiger partial charge is 0.324 e. The fourth-order valence-corrected chi connectivity index (χ4v) is 1.70. The van der Waals surface area contributed by atoms with Gasteiger partial charge in [0.2, 0.25) is 0 Å². The van der Waals surface area contributed by atoms with Crippen LogP contribution in [0.25, 0.3) is 0 Å². The van der Waals surface area contributed by atoms with Gasteiger partial charge in [0, 0.05) is 12.3 Å². The van der Waals surface area contributed by atoms with Crippen LogP contribution in [0.4, 0.5) is 0 Å². The van der Waals surface area contributed by atoms with Crippen LogP contribution in [-0.4, -0.2) is 14.7 Å². The quantitative estimate of drug-likeness (QED) is 0.846. The molecular formula is C9H14ClNO2S. The van der Waals surface area contributed by atoms with E-state index in [1.807, 2.05) is 13.0 Å². The van der Waals surface area contributed by atoms with Crippen LogP contribution in [0.2, 0.25) is 0 Å². The summed E-state index contributed by atoms with van der Waals surface area (Å²) in [7, 11) is -3.11. The van der Waals surface area contributed by atoms with Crippen molar-refractivity contribution >= 4 is 22.2 Å². The van der Waals surface area contributed by atoms with E-state index in [4.69, 9.17) is 5.73 Å². The van der Waals surface area contributed by atoms with Crippen LogP contribution in [-0.2, 0) is 9.84 Å². The third kappa shape index (κ3) is 3.29. The maximum atomic E-state index is 11.2. The molecule has 0 heterocycles. The summed E-state index contributed by atoms with van der Waals surface area (Å²) in [6, 6.07) is 6.57. The van der Waals surface area contributed by atoms with Crippen LogP contribution in [0, 0.1) is 0 Å². The SMILES string of the molecule is C[C@H](N)c1cccc(S(C)(=O)=O)c1.Cl. The zero-order chi connectivity index (χ0) is 10.1. The summed E-state index contributed by atoms with van der Waals surface area (Å²) >= 11 is 0. The predicted octanol–water partition coefficient (Wildman–Crippen LogP) is 1.53. The Morgan fingerprint density at radius 1 is 1.36 bits per heavy atom. The summed E-state index contributed by atoms with van der Waals surface area (Å²) in [5, 5.41) is 0. The van der Waals surface area contributed by atoms with E-state index in [0.717, 1.165) is 5.56 Å². The number of rotatable bonds is 2. The van der Waals surface area contributed by atoms with Gasteiger partial charge in [-0.1, -0.05) is 12.1 Å². The van der Waals surface area contributed by atoms with Gasteiger partial charge in [-0.2, -0.15) is 0 Å². The Hall–Kier alpha value is -0.580. The van der Waals surface area contributed by atoms with Gasteiger partial charge in [-0.25, -0.2) is 8.42 Å². The van der Waals surface area contributed by atoms with Crippen molar-refractivity contribution in [3.05, 3.63) is 29.8 Å². The number of hydrogen-bond donors (Lipinski definition) is 1. The van der Waals surface area contributed by atoms with Gasteiger partial charge in [-0.15, -0.1) is 12.4 Å². The molecule has 1 rings (SSSR count). The van der Waals surface area contributed by atoms with E-state index in [-0.39, 0.29) is 18.4 Å². The molecule has 0 fully saturated rings. The normalized spacial score (nSPS) is 13.1. The molecule has 80 valence electrons. The molecule has 0 aromatic heterocycles. The van der Waals surface area contributed by atoms with Gasteiger partial charge in [0.25, 0.3) is 0 Å². The van der Waals surface area contributed by atoms with E-state index in [2.05, 4.69) is 0 Å². The molecule has 0 aliphatic carbocycles. The minimum absolute atomic E-state index is 0. The number of benzene rings is 1. The standard InChI is InChI=1S/C9H13NO2S.ClH/c1-7(10)8-4-3-5-9(6-8)13(2,11)12;/h3-7H,10H2,1-2H3;1H/t7-;/m0./s1. The van der Waals surface area contributed by atoms with Crippen LogP contribution in [0.3, 0.4) is 0 Å². The lowest BCUT2D eigenvalue weighted by Crippen LogP contribution is -2.06. The first-order valence-corrected chi connectivity index (χ1v) is 5.86. The second-order valence-electron chi connectivity index (χ2n) is 3.13. The average molecular weight is 236 g/mol. The molecule has 0 amide bonds. The average Bonchev–Trinajstić information content (AvgIpc) is 2.03. The molecule has 1 atom stereocenters. The Labute approximate surface area is 90.6 Å². The highest BCUT2D eigenvalue weighted by Gasteiger charge is 2.08. The van der Waals surface area contributed by atoms with Crippen molar-refractivity contribution in [3.8, 4) is 0 Å². The zero-order valence-corrected chi connectivity index (χ0v) is 9.73. The summed E-state index contributed by atoms with van der Waals surface area (Å²) in [4.78, 5) is 0.322. The highest BCUT2D eigenvalue weighted by molar-refractivity contribution is 7.90. The van der Waals surface area contributed by atoms with Crippen LogP contribution >= 0.6 is 12.4 Å². The number of hydrogen-bond acceptors (Lipinski definition) is 3. The van der Waals surface area contributed by atoms with Gasteiger partial charge in [0.1, 0.15) is 0 Å². The molecule has 1 aromatic rings. The maximum Gasteiger partial charge on any atom is 0.175 e. The molecule has 1 aromatic carbocycles. The summed E-state index contributed by atoms with van der Waals surface area (Å²) < 4.78 is 22.3. The van der Waals surface area contributed by atoms with Crippen molar-refractivity contribution in [3.63, 3.8) is 0 Å². The second-order valence-corrected chi connectivity index (χ2v) is 5.15. The third-order valence-electron chi connectivity index (χ3n) is 1.81. The van der Waals surface area contributed by atoms with E-state index in [9.17, 15) is 8.42 Å². The molecule has 0 radical (unpaired) electrons. The van der Waals surface area contributed by atoms with Gasteiger partial charge in [0.15, 0.2) is 9.84 Å². The van der Waals surface area contributed by atoms with Gasteiger partial charge in [0.05, 0.1) is 4.90 Å². The van der Waals surface area contributed by atoms with Crippen molar-refractivity contribution in [1.82, 2.24) is 0 Å². The summed E-state index contributed by atoms with van der Waals surface area (Å²) in [5.74, 6) is 0. The van der Waals surface area contributed by atoms with Gasteiger partial charge >= 0.3 is 0 Å². The van der Waals surface area contributed by atoms with Gasteiger partial charge in [-0.05, 0) is 24.6 Å². The molecule has 5 heteroatoms. The first-order chi connectivity index (χ1) is 5.91. The first kappa shape index (κ1) is 13.4. The molecule has 0 saturated heterocycles. The Morgan fingerprint density at radius 2 is 1.93 bits per heavy atom. The Kier molecular flexibility index (Phi) is 4.58. The first-order valence-electron chi connectivity index (χ1n) is 3.97. The van der Waals surface area contributed by atoms with E-state index < -0.39 is 9.84 Å². The smallest absolute Gasteiger partial charge is 0.175 e. The number of nitrogens with two attached hydrogens (primary N) is 1. The molecular weight excluding hydrogens is 222 g/mol. The lowest BCUT2D eigenvalue weighted by Gasteiger charge is -2.06. The Morgan fingerprint density at radius 3 is 2.36 bits per heavy atom. The predicted molar refractivity (Wildman–Crippen MR) is 59.4 cm³/mol. The minimum atomic E-state index is -3.11. The molecule has 0 aliphatic heterocycles. The number of halogens is 1. The van der Waals surface area contributed by atoms with Crippen molar-refractivity contribution < 1.29 is 8.42 Å². The fourth-order valence-electron chi connectivity index (χ4n) is 1.03. The topological polar surface area (TPSA) is 60.2 Å². The molecule has 2 N–H and O–H groups in total. The van der Waals surface area contributed by atoms with Crippen molar-refractivity contribution in [2.45, 2.75) is 17.9 Å². The van der Waals surface area contributed by atoms with E-state index >= 15 is 0 Å². The van der Waals surface area contributed by atoms with Gasteiger partial charge < -0.3 is 5.73 Å².